The van der Waals surface area contributed by atoms with E-state index in [1.54, 1.807) is 0 Å². The summed E-state index contributed by atoms with van der Waals surface area (Å²) in [4.78, 5) is 1.20. The zero-order chi connectivity index (χ0) is 19.9. The number of rotatable bonds is 7. The second-order valence-electron chi connectivity index (χ2n) is 7.69. The smallest absolute Gasteiger partial charge is 0.146 e. The molecule has 0 unspecified atom stereocenters. The number of azo groups is 1. The van der Waals surface area contributed by atoms with Crippen molar-refractivity contribution in [2.24, 2.45) is 10.2 Å². The van der Waals surface area contributed by atoms with Gasteiger partial charge in [-0.2, -0.15) is 0 Å². The number of thioether (sulfide) groups is 1. The van der Waals surface area contributed by atoms with Crippen LogP contribution in [0.4, 0.5) is 17.1 Å². The molecule has 0 amide bonds. The fourth-order valence-corrected chi connectivity index (χ4v) is 4.94. The lowest BCUT2D eigenvalue weighted by Gasteiger charge is -2.21. The average Bonchev–Trinajstić information content (AvgIpc) is 2.69. The standard InChI is InChI=1S/C23H31N3OS/c1-3-4-8-17-13-16(2)14-22(23(17)27)26-25-21-12-11-19(15-20(21)24)28-18-9-6-5-7-10-18/h11-15,18,27H,3-10,24H2,1-2H3. The van der Waals surface area contributed by atoms with Crippen LogP contribution in [0.1, 0.15) is 63.0 Å². The Morgan fingerprint density at radius 3 is 2.54 bits per heavy atom. The maximum absolute atomic E-state index is 10.5. The molecule has 4 nitrogen and oxygen atoms in total. The molecule has 1 saturated carbocycles. The number of phenols is 1. The number of unbranched alkanes of at least 4 members (excludes halogenated alkanes) is 1. The number of nitrogens with two attached hydrogens (primary N) is 1. The molecule has 28 heavy (non-hydrogen) atoms. The normalized spacial score (nSPS) is 15.4. The lowest BCUT2D eigenvalue weighted by molar-refractivity contribution is 0.468. The predicted octanol–water partition coefficient (Wildman–Crippen LogP) is 7.47. The number of benzene rings is 2. The highest BCUT2D eigenvalue weighted by atomic mass is 32.2. The van der Waals surface area contributed by atoms with E-state index < -0.39 is 0 Å². The summed E-state index contributed by atoms with van der Waals surface area (Å²) in [5, 5.41) is 19.8. The van der Waals surface area contributed by atoms with Gasteiger partial charge in [0, 0.05) is 10.1 Å². The van der Waals surface area contributed by atoms with Gasteiger partial charge < -0.3 is 10.8 Å². The van der Waals surface area contributed by atoms with Crippen molar-refractivity contribution < 1.29 is 5.11 Å². The summed E-state index contributed by atoms with van der Waals surface area (Å²) in [7, 11) is 0. The van der Waals surface area contributed by atoms with Gasteiger partial charge in [-0.25, -0.2) is 0 Å². The van der Waals surface area contributed by atoms with Crippen LogP contribution in [0.2, 0.25) is 0 Å². The molecule has 2 aromatic carbocycles. The first-order chi connectivity index (χ1) is 13.6. The molecule has 3 N–H and O–H groups in total. The van der Waals surface area contributed by atoms with E-state index in [9.17, 15) is 5.11 Å². The van der Waals surface area contributed by atoms with Crippen molar-refractivity contribution in [3.63, 3.8) is 0 Å². The zero-order valence-corrected chi connectivity index (χ0v) is 17.8. The third-order valence-corrected chi connectivity index (χ3v) is 6.56. The van der Waals surface area contributed by atoms with Gasteiger partial charge in [0.05, 0.1) is 5.69 Å². The van der Waals surface area contributed by atoms with Crippen molar-refractivity contribution >= 4 is 28.8 Å². The predicted molar refractivity (Wildman–Crippen MR) is 119 cm³/mol. The van der Waals surface area contributed by atoms with Gasteiger partial charge in [0.25, 0.3) is 0 Å². The molecule has 0 radical (unpaired) electrons. The second-order valence-corrected chi connectivity index (χ2v) is 9.07. The van der Waals surface area contributed by atoms with Gasteiger partial charge in [0.1, 0.15) is 17.1 Å². The molecule has 0 aliphatic heterocycles. The summed E-state index contributed by atoms with van der Waals surface area (Å²) in [6.07, 6.45) is 9.59. The van der Waals surface area contributed by atoms with Crippen molar-refractivity contribution in [1.29, 1.82) is 0 Å². The van der Waals surface area contributed by atoms with E-state index in [1.165, 1.54) is 37.0 Å². The van der Waals surface area contributed by atoms with Crippen LogP contribution < -0.4 is 5.73 Å². The summed E-state index contributed by atoms with van der Waals surface area (Å²) in [5.41, 5.74) is 10.0. The molecule has 5 heteroatoms. The molecule has 2 aromatic rings. The van der Waals surface area contributed by atoms with Crippen LogP contribution in [0.25, 0.3) is 0 Å². The quantitative estimate of drug-likeness (QED) is 0.376. The molecule has 1 aliphatic carbocycles. The van der Waals surface area contributed by atoms with Crippen LogP contribution in [0, 0.1) is 6.92 Å². The fourth-order valence-electron chi connectivity index (χ4n) is 3.65. The molecule has 0 heterocycles. The molecule has 0 aromatic heterocycles. The van der Waals surface area contributed by atoms with E-state index in [0.29, 0.717) is 22.3 Å². The van der Waals surface area contributed by atoms with Gasteiger partial charge >= 0.3 is 0 Å². The van der Waals surface area contributed by atoms with E-state index in [4.69, 9.17) is 5.73 Å². The summed E-state index contributed by atoms with van der Waals surface area (Å²) in [5.74, 6) is 0.228. The van der Waals surface area contributed by atoms with Gasteiger partial charge in [-0.15, -0.1) is 22.0 Å². The Morgan fingerprint density at radius 1 is 1.07 bits per heavy atom. The third-order valence-electron chi connectivity index (χ3n) is 5.23. The first-order valence-corrected chi connectivity index (χ1v) is 11.2. The number of hydrogen-bond acceptors (Lipinski definition) is 5. The Kier molecular flexibility index (Phi) is 7.37. The molecule has 1 fully saturated rings. The van der Waals surface area contributed by atoms with E-state index >= 15 is 0 Å². The third kappa shape index (κ3) is 5.51. The molecule has 0 atom stereocenters. The van der Waals surface area contributed by atoms with Crippen molar-refractivity contribution in [3.8, 4) is 5.75 Å². The van der Waals surface area contributed by atoms with E-state index in [1.807, 2.05) is 43.0 Å². The molecule has 0 bridgehead atoms. The number of nitrogen functional groups attached to an aromatic ring is 1. The van der Waals surface area contributed by atoms with Crippen LogP contribution in [0.5, 0.6) is 5.75 Å². The van der Waals surface area contributed by atoms with Gasteiger partial charge in [-0.05, 0) is 68.0 Å². The number of phenolic OH excluding ortho intramolecular Hbond substituents is 1. The molecule has 1 aliphatic rings. The van der Waals surface area contributed by atoms with Crippen molar-refractivity contribution in [1.82, 2.24) is 0 Å². The minimum absolute atomic E-state index is 0.228. The number of hydrogen-bond donors (Lipinski definition) is 2. The van der Waals surface area contributed by atoms with Crippen molar-refractivity contribution in [2.75, 3.05) is 5.73 Å². The molecule has 0 saturated heterocycles. The summed E-state index contributed by atoms with van der Waals surface area (Å²) < 4.78 is 0. The topological polar surface area (TPSA) is 71.0 Å². The van der Waals surface area contributed by atoms with Crippen LogP contribution in [-0.4, -0.2) is 10.4 Å². The second kappa shape index (κ2) is 9.97. The number of anilines is 1. The maximum atomic E-state index is 10.5. The van der Waals surface area contributed by atoms with Gasteiger partial charge in [0.15, 0.2) is 0 Å². The maximum Gasteiger partial charge on any atom is 0.146 e. The minimum Gasteiger partial charge on any atom is -0.505 e. The Labute approximate surface area is 172 Å². The Balaban J connectivity index is 1.74. The van der Waals surface area contributed by atoms with E-state index in [2.05, 4.69) is 23.2 Å². The Morgan fingerprint density at radius 2 is 1.82 bits per heavy atom. The van der Waals surface area contributed by atoms with Gasteiger partial charge in [-0.3, -0.25) is 0 Å². The van der Waals surface area contributed by atoms with Crippen molar-refractivity contribution in [2.45, 2.75) is 75.4 Å². The summed E-state index contributed by atoms with van der Waals surface area (Å²) in [6.45, 7) is 4.16. The van der Waals surface area contributed by atoms with Crippen LogP contribution in [0.3, 0.4) is 0 Å². The van der Waals surface area contributed by atoms with Gasteiger partial charge in [-0.1, -0.05) is 38.7 Å². The van der Waals surface area contributed by atoms with E-state index in [0.717, 1.165) is 30.4 Å². The van der Waals surface area contributed by atoms with Crippen molar-refractivity contribution in [3.05, 3.63) is 41.5 Å². The number of aromatic hydroxyl groups is 1. The summed E-state index contributed by atoms with van der Waals surface area (Å²) >= 11 is 1.92. The molecular formula is C23H31N3OS. The lowest BCUT2D eigenvalue weighted by Crippen LogP contribution is -2.07. The largest absolute Gasteiger partial charge is 0.505 e. The fraction of sp³-hybridized carbons (Fsp3) is 0.478. The number of nitrogens with zero attached hydrogens (tertiary/aromatic N) is 2. The summed E-state index contributed by atoms with van der Waals surface area (Å²) in [6, 6.07) is 9.88. The molecule has 0 spiro atoms. The minimum atomic E-state index is 0.228. The average molecular weight is 398 g/mol. The SMILES string of the molecule is CCCCc1cc(C)cc(N=Nc2ccc(SC3CCCCC3)cc2N)c1O. The zero-order valence-electron chi connectivity index (χ0n) is 16.9. The number of aryl methyl sites for hydroxylation is 2. The van der Waals surface area contributed by atoms with E-state index in [-0.39, 0.29) is 5.75 Å². The monoisotopic (exact) mass is 397 g/mol. The lowest BCUT2D eigenvalue weighted by atomic mass is 10.0. The van der Waals surface area contributed by atoms with Crippen LogP contribution in [-0.2, 0) is 6.42 Å². The first kappa shape index (κ1) is 20.7. The molecular weight excluding hydrogens is 366 g/mol. The van der Waals surface area contributed by atoms with Crippen LogP contribution in [0.15, 0.2) is 45.5 Å². The Bertz CT molecular complexity index is 829. The van der Waals surface area contributed by atoms with Crippen LogP contribution >= 0.6 is 11.8 Å². The first-order valence-electron chi connectivity index (χ1n) is 10.4. The molecule has 150 valence electrons. The highest BCUT2D eigenvalue weighted by Gasteiger charge is 2.15. The molecule has 3 rings (SSSR count). The Hall–Kier alpha value is -2.01. The highest BCUT2D eigenvalue weighted by Crippen LogP contribution is 2.38. The van der Waals surface area contributed by atoms with Gasteiger partial charge in [0.2, 0.25) is 0 Å². The highest BCUT2D eigenvalue weighted by molar-refractivity contribution is 8.00.